The minimum absolute atomic E-state index is 0.144. The molecule has 0 saturated carbocycles. The first kappa shape index (κ1) is 15.8. The number of rotatable bonds is 3. The van der Waals surface area contributed by atoms with Crippen LogP contribution in [0.2, 0.25) is 0 Å². The maximum absolute atomic E-state index is 13.8. The third-order valence-electron chi connectivity index (χ3n) is 3.95. The van der Waals surface area contributed by atoms with Crippen molar-refractivity contribution >= 4 is 17.5 Å². The quantitative estimate of drug-likeness (QED) is 0.831. The molecular formula is C15H17F2N3O3. The number of ether oxygens (including phenoxy) is 1. The van der Waals surface area contributed by atoms with E-state index in [0.717, 1.165) is 17.0 Å². The summed E-state index contributed by atoms with van der Waals surface area (Å²) in [6.45, 7) is 1.61. The molecule has 0 radical (unpaired) electrons. The third-order valence-corrected chi connectivity index (χ3v) is 3.95. The summed E-state index contributed by atoms with van der Waals surface area (Å²) >= 11 is 0. The summed E-state index contributed by atoms with van der Waals surface area (Å²) in [4.78, 5) is 25.5. The molecule has 2 N–H and O–H groups in total. The Kier molecular flexibility index (Phi) is 4.53. The average Bonchev–Trinajstić information content (AvgIpc) is 2.89. The fourth-order valence-corrected chi connectivity index (χ4v) is 2.78. The zero-order chi connectivity index (χ0) is 16.4. The fraction of sp³-hybridized carbons (Fsp3) is 0.467. The van der Waals surface area contributed by atoms with E-state index in [2.05, 4.69) is 10.6 Å². The molecule has 1 aromatic rings. The molecule has 2 fully saturated rings. The first-order valence-corrected chi connectivity index (χ1v) is 7.46. The zero-order valence-electron chi connectivity index (χ0n) is 12.4. The predicted octanol–water partition coefficient (Wildman–Crippen LogP) is 0.175. The molecular weight excluding hydrogens is 308 g/mol. The van der Waals surface area contributed by atoms with Crippen LogP contribution in [0.15, 0.2) is 18.2 Å². The average molecular weight is 325 g/mol. The molecule has 2 aliphatic rings. The van der Waals surface area contributed by atoms with Gasteiger partial charge in [0.1, 0.15) is 29.5 Å². The Morgan fingerprint density at radius 3 is 2.74 bits per heavy atom. The molecule has 2 atom stereocenters. The van der Waals surface area contributed by atoms with Crippen LogP contribution < -0.4 is 15.5 Å². The number of anilines is 1. The number of halogens is 2. The molecule has 3 rings (SSSR count). The fourth-order valence-electron chi connectivity index (χ4n) is 2.78. The van der Waals surface area contributed by atoms with Gasteiger partial charge in [-0.25, -0.2) is 8.78 Å². The molecule has 0 unspecified atom stereocenters. The minimum atomic E-state index is -0.801. The van der Waals surface area contributed by atoms with E-state index >= 15 is 0 Å². The van der Waals surface area contributed by atoms with Crippen LogP contribution in [0.4, 0.5) is 14.5 Å². The van der Waals surface area contributed by atoms with Gasteiger partial charge < -0.3 is 20.3 Å². The Labute approximate surface area is 131 Å². The second kappa shape index (κ2) is 6.59. The largest absolute Gasteiger partial charge is 0.366 e. The third kappa shape index (κ3) is 3.18. The molecule has 2 aliphatic heterocycles. The summed E-state index contributed by atoms with van der Waals surface area (Å²) in [5.41, 5.74) is -0.371. The lowest BCUT2D eigenvalue weighted by molar-refractivity contribution is -0.136. The lowest BCUT2D eigenvalue weighted by Gasteiger charge is -2.24. The van der Waals surface area contributed by atoms with Crippen molar-refractivity contribution in [1.29, 1.82) is 0 Å². The van der Waals surface area contributed by atoms with Crippen LogP contribution in [0.3, 0.4) is 0 Å². The van der Waals surface area contributed by atoms with Crippen molar-refractivity contribution < 1.29 is 23.1 Å². The van der Waals surface area contributed by atoms with Crippen molar-refractivity contribution in [3.05, 3.63) is 29.8 Å². The van der Waals surface area contributed by atoms with E-state index in [1.54, 1.807) is 0 Å². The molecule has 124 valence electrons. The summed E-state index contributed by atoms with van der Waals surface area (Å²) in [5.74, 6) is -2.52. The first-order chi connectivity index (χ1) is 11.1. The van der Waals surface area contributed by atoms with Gasteiger partial charge in [0.05, 0.1) is 6.61 Å². The molecule has 0 aliphatic carbocycles. The Bertz CT molecular complexity index is 600. The topological polar surface area (TPSA) is 70.7 Å². The van der Waals surface area contributed by atoms with Crippen LogP contribution in [0.5, 0.6) is 0 Å². The van der Waals surface area contributed by atoms with Crippen LogP contribution in [0, 0.1) is 11.6 Å². The lowest BCUT2D eigenvalue weighted by atomic mass is 10.2. The molecule has 23 heavy (non-hydrogen) atoms. The monoisotopic (exact) mass is 325 g/mol. The van der Waals surface area contributed by atoms with E-state index < -0.39 is 35.6 Å². The highest BCUT2D eigenvalue weighted by Gasteiger charge is 2.37. The number of hydrogen-bond donors (Lipinski definition) is 2. The first-order valence-electron chi connectivity index (χ1n) is 7.46. The Morgan fingerprint density at radius 1 is 1.35 bits per heavy atom. The van der Waals surface area contributed by atoms with E-state index in [-0.39, 0.29) is 12.2 Å². The smallest absolute Gasteiger partial charge is 0.251 e. The molecule has 2 amide bonds. The van der Waals surface area contributed by atoms with Gasteiger partial charge in [0.2, 0.25) is 5.91 Å². The van der Waals surface area contributed by atoms with Crippen molar-refractivity contribution in [3.63, 3.8) is 0 Å². The highest BCUT2D eigenvalue weighted by atomic mass is 19.1. The molecule has 1 aromatic carbocycles. The van der Waals surface area contributed by atoms with Gasteiger partial charge in [-0.2, -0.15) is 0 Å². The van der Waals surface area contributed by atoms with Crippen molar-refractivity contribution in [2.24, 2.45) is 0 Å². The number of carbonyl (C=O) groups excluding carboxylic acids is 2. The van der Waals surface area contributed by atoms with E-state index in [1.165, 1.54) is 6.07 Å². The molecule has 0 bridgehead atoms. The highest BCUT2D eigenvalue weighted by Crippen LogP contribution is 2.27. The summed E-state index contributed by atoms with van der Waals surface area (Å²) in [6, 6.07) is 2.63. The standard InChI is InChI=1S/C15H17F2N3O3/c16-9-2-1-3-10(17)13(9)20-6-4-11(15(20)22)19-14(21)12-8-18-5-7-23-12/h1-3,11-12,18H,4-8H2,(H,19,21)/t11-,12+/m1/s1. The van der Waals surface area contributed by atoms with E-state index in [4.69, 9.17) is 4.74 Å². The van der Waals surface area contributed by atoms with Gasteiger partial charge in [-0.15, -0.1) is 0 Å². The summed E-state index contributed by atoms with van der Waals surface area (Å²) in [6.07, 6.45) is -0.366. The second-order valence-electron chi connectivity index (χ2n) is 5.47. The number of carbonyl (C=O) groups is 2. The van der Waals surface area contributed by atoms with Crippen LogP contribution >= 0.6 is 0 Å². The van der Waals surface area contributed by atoms with Gasteiger partial charge in [0.25, 0.3) is 5.91 Å². The Morgan fingerprint density at radius 2 is 2.09 bits per heavy atom. The van der Waals surface area contributed by atoms with Gasteiger partial charge in [-0.1, -0.05) is 6.07 Å². The van der Waals surface area contributed by atoms with Gasteiger partial charge in [0.15, 0.2) is 0 Å². The SMILES string of the molecule is O=C(N[C@@H]1CCN(c2c(F)cccc2F)C1=O)[C@@H]1CNCCO1. The molecule has 8 heteroatoms. The zero-order valence-corrected chi connectivity index (χ0v) is 12.4. The Balaban J connectivity index is 1.68. The summed E-state index contributed by atoms with van der Waals surface area (Å²) < 4.78 is 32.9. The highest BCUT2D eigenvalue weighted by molar-refractivity contribution is 6.01. The van der Waals surface area contributed by atoms with Gasteiger partial charge in [-0.05, 0) is 18.6 Å². The number of para-hydroxylation sites is 1. The van der Waals surface area contributed by atoms with Crippen molar-refractivity contribution in [3.8, 4) is 0 Å². The molecule has 2 heterocycles. The second-order valence-corrected chi connectivity index (χ2v) is 5.47. The summed E-state index contributed by atoms with van der Waals surface area (Å²) in [7, 11) is 0. The van der Waals surface area contributed by atoms with E-state index in [9.17, 15) is 18.4 Å². The minimum Gasteiger partial charge on any atom is -0.366 e. The number of benzene rings is 1. The van der Waals surface area contributed by atoms with Gasteiger partial charge in [0, 0.05) is 19.6 Å². The number of morpholine rings is 1. The number of amides is 2. The maximum atomic E-state index is 13.8. The number of hydrogen-bond acceptors (Lipinski definition) is 4. The van der Waals surface area contributed by atoms with Crippen LogP contribution in [0.25, 0.3) is 0 Å². The number of nitrogens with one attached hydrogen (secondary N) is 2. The maximum Gasteiger partial charge on any atom is 0.251 e. The summed E-state index contributed by atoms with van der Waals surface area (Å²) in [5, 5.41) is 5.62. The molecule has 6 nitrogen and oxygen atoms in total. The molecule has 0 spiro atoms. The predicted molar refractivity (Wildman–Crippen MR) is 77.9 cm³/mol. The van der Waals surface area contributed by atoms with E-state index in [0.29, 0.717) is 26.1 Å². The van der Waals surface area contributed by atoms with Crippen molar-refractivity contribution in [2.45, 2.75) is 18.6 Å². The van der Waals surface area contributed by atoms with Gasteiger partial charge in [-0.3, -0.25) is 9.59 Å². The normalized spacial score (nSPS) is 24.8. The van der Waals surface area contributed by atoms with Crippen LogP contribution in [0.1, 0.15) is 6.42 Å². The molecule has 2 saturated heterocycles. The van der Waals surface area contributed by atoms with Crippen molar-refractivity contribution in [1.82, 2.24) is 10.6 Å². The number of nitrogens with zero attached hydrogens (tertiary/aromatic N) is 1. The Hall–Kier alpha value is -2.06. The van der Waals surface area contributed by atoms with Crippen LogP contribution in [-0.2, 0) is 14.3 Å². The van der Waals surface area contributed by atoms with E-state index in [1.807, 2.05) is 0 Å². The van der Waals surface area contributed by atoms with Crippen LogP contribution in [-0.4, -0.2) is 50.2 Å². The molecule has 0 aromatic heterocycles. The lowest BCUT2D eigenvalue weighted by Crippen LogP contribution is -2.52. The van der Waals surface area contributed by atoms with Gasteiger partial charge >= 0.3 is 0 Å². The van der Waals surface area contributed by atoms with Crippen molar-refractivity contribution in [2.75, 3.05) is 31.1 Å².